The molecule has 0 aliphatic carbocycles. The zero-order valence-electron chi connectivity index (χ0n) is 12.5. The van der Waals surface area contributed by atoms with Gasteiger partial charge in [-0.1, -0.05) is 40.1 Å². The van der Waals surface area contributed by atoms with E-state index in [-0.39, 0.29) is 6.10 Å². The Labute approximate surface area is 129 Å². The molecule has 1 N–H and O–H groups in total. The molecule has 1 aromatic rings. The van der Waals surface area contributed by atoms with Crippen molar-refractivity contribution in [3.63, 3.8) is 0 Å². The largest absolute Gasteiger partial charge is 0.391 e. The molecule has 112 valence electrons. The molecule has 0 spiro atoms. The SMILES string of the molecule is CC/C(=N\OC(C)CNC)c1ccc(Br)cc1.CC=O. The van der Waals surface area contributed by atoms with E-state index in [2.05, 4.69) is 33.3 Å². The van der Waals surface area contributed by atoms with Crippen molar-refractivity contribution in [2.45, 2.75) is 33.3 Å². The Bertz CT molecular complexity index is 405. The van der Waals surface area contributed by atoms with Crippen LogP contribution in [0.5, 0.6) is 0 Å². The highest BCUT2D eigenvalue weighted by Crippen LogP contribution is 2.12. The maximum absolute atomic E-state index is 8.81. The van der Waals surface area contributed by atoms with Crippen molar-refractivity contribution in [3.05, 3.63) is 34.3 Å². The Morgan fingerprint density at radius 2 is 2.00 bits per heavy atom. The van der Waals surface area contributed by atoms with Crippen molar-refractivity contribution in [2.24, 2.45) is 5.16 Å². The van der Waals surface area contributed by atoms with Gasteiger partial charge in [0.25, 0.3) is 0 Å². The molecule has 0 saturated heterocycles. The van der Waals surface area contributed by atoms with Crippen LogP contribution in [0.25, 0.3) is 0 Å². The van der Waals surface area contributed by atoms with E-state index in [4.69, 9.17) is 9.63 Å². The molecular formula is C15H23BrN2O2. The number of benzene rings is 1. The van der Waals surface area contributed by atoms with E-state index in [1.165, 1.54) is 6.92 Å². The van der Waals surface area contributed by atoms with Crippen LogP contribution >= 0.6 is 15.9 Å². The average Bonchev–Trinajstić information content (AvgIpc) is 2.42. The Morgan fingerprint density at radius 1 is 1.45 bits per heavy atom. The third kappa shape index (κ3) is 8.07. The quantitative estimate of drug-likeness (QED) is 0.489. The number of aldehydes is 1. The van der Waals surface area contributed by atoms with Crippen LogP contribution < -0.4 is 5.32 Å². The minimum Gasteiger partial charge on any atom is -0.391 e. The van der Waals surface area contributed by atoms with Gasteiger partial charge >= 0.3 is 0 Å². The Hall–Kier alpha value is -1.20. The smallest absolute Gasteiger partial charge is 0.137 e. The summed E-state index contributed by atoms with van der Waals surface area (Å²) in [5.74, 6) is 0. The number of hydrogen-bond acceptors (Lipinski definition) is 4. The van der Waals surface area contributed by atoms with Gasteiger partial charge in [-0.3, -0.25) is 0 Å². The minimum absolute atomic E-state index is 0.0806. The predicted octanol–water partition coefficient (Wildman–Crippen LogP) is 3.39. The highest BCUT2D eigenvalue weighted by molar-refractivity contribution is 9.10. The van der Waals surface area contributed by atoms with Gasteiger partial charge in [0, 0.05) is 11.0 Å². The van der Waals surface area contributed by atoms with Crippen LogP contribution in [0.15, 0.2) is 33.9 Å². The number of likely N-dealkylation sites (N-methyl/N-ethyl adjacent to an activating group) is 1. The second kappa shape index (κ2) is 11.6. The molecule has 5 heteroatoms. The van der Waals surface area contributed by atoms with Gasteiger partial charge in [0.05, 0.1) is 5.71 Å². The summed E-state index contributed by atoms with van der Waals surface area (Å²) < 4.78 is 1.07. The lowest BCUT2D eigenvalue weighted by Crippen LogP contribution is -2.22. The molecule has 0 saturated carbocycles. The molecule has 0 aliphatic heterocycles. The predicted molar refractivity (Wildman–Crippen MR) is 87.2 cm³/mol. The third-order valence-corrected chi connectivity index (χ3v) is 2.88. The van der Waals surface area contributed by atoms with Crippen molar-refractivity contribution in [1.29, 1.82) is 0 Å². The van der Waals surface area contributed by atoms with Crippen LogP contribution in [0.4, 0.5) is 0 Å². The number of halogens is 1. The monoisotopic (exact) mass is 342 g/mol. The van der Waals surface area contributed by atoms with Crippen LogP contribution in [-0.4, -0.2) is 31.7 Å². The van der Waals surface area contributed by atoms with Crippen molar-refractivity contribution >= 4 is 27.9 Å². The first-order valence-electron chi connectivity index (χ1n) is 6.62. The van der Waals surface area contributed by atoms with Gasteiger partial charge in [0.2, 0.25) is 0 Å². The second-order valence-electron chi connectivity index (χ2n) is 4.11. The van der Waals surface area contributed by atoms with Gasteiger partial charge < -0.3 is 14.9 Å². The number of oxime groups is 1. The zero-order chi connectivity index (χ0) is 15.4. The second-order valence-corrected chi connectivity index (χ2v) is 5.02. The Balaban J connectivity index is 0.00000110. The number of rotatable bonds is 6. The summed E-state index contributed by atoms with van der Waals surface area (Å²) in [6.45, 7) is 6.31. The molecule has 1 aromatic carbocycles. The molecule has 0 heterocycles. The topological polar surface area (TPSA) is 50.7 Å². The summed E-state index contributed by atoms with van der Waals surface area (Å²) in [5, 5.41) is 7.28. The molecule has 0 radical (unpaired) electrons. The first-order valence-corrected chi connectivity index (χ1v) is 7.41. The lowest BCUT2D eigenvalue weighted by molar-refractivity contribution is -0.106. The van der Waals surface area contributed by atoms with Crippen LogP contribution in [0, 0.1) is 0 Å². The summed E-state index contributed by atoms with van der Waals surface area (Å²) in [4.78, 5) is 14.2. The summed E-state index contributed by atoms with van der Waals surface area (Å²) in [6, 6.07) is 8.10. The normalized spacial score (nSPS) is 12.2. The van der Waals surface area contributed by atoms with Gasteiger partial charge in [-0.05, 0) is 45.0 Å². The molecule has 4 nitrogen and oxygen atoms in total. The molecule has 0 aliphatic rings. The van der Waals surface area contributed by atoms with Gasteiger partial charge in [0.15, 0.2) is 0 Å². The van der Waals surface area contributed by atoms with Crippen molar-refractivity contribution in [2.75, 3.05) is 13.6 Å². The van der Waals surface area contributed by atoms with Gasteiger partial charge in [0.1, 0.15) is 12.4 Å². The fraction of sp³-hybridized carbons (Fsp3) is 0.467. The minimum atomic E-state index is 0.0806. The first-order chi connectivity index (χ1) is 9.58. The summed E-state index contributed by atoms with van der Waals surface area (Å²) in [7, 11) is 1.90. The van der Waals surface area contributed by atoms with E-state index in [1.54, 1.807) is 0 Å². The fourth-order valence-electron chi connectivity index (χ4n) is 1.44. The number of carbonyl (C=O) groups excluding carboxylic acids is 1. The van der Waals surface area contributed by atoms with E-state index in [9.17, 15) is 0 Å². The molecule has 0 aromatic heterocycles. The third-order valence-electron chi connectivity index (χ3n) is 2.35. The van der Waals surface area contributed by atoms with E-state index in [0.717, 1.165) is 35.0 Å². The Kier molecular flexibility index (Phi) is 10.9. The molecule has 0 amide bonds. The van der Waals surface area contributed by atoms with Gasteiger partial charge in [-0.25, -0.2) is 0 Å². The van der Waals surface area contributed by atoms with Crippen molar-refractivity contribution < 1.29 is 9.63 Å². The number of nitrogens with one attached hydrogen (secondary N) is 1. The molecular weight excluding hydrogens is 320 g/mol. The van der Waals surface area contributed by atoms with Gasteiger partial charge in [-0.15, -0.1) is 0 Å². The first kappa shape index (κ1) is 18.8. The molecule has 1 atom stereocenters. The molecule has 1 rings (SSSR count). The summed E-state index contributed by atoms with van der Waals surface area (Å²) in [5.41, 5.74) is 2.08. The average molecular weight is 343 g/mol. The van der Waals surface area contributed by atoms with E-state index < -0.39 is 0 Å². The Morgan fingerprint density at radius 3 is 2.45 bits per heavy atom. The summed E-state index contributed by atoms with van der Waals surface area (Å²) >= 11 is 3.42. The number of nitrogens with zero attached hydrogens (tertiary/aromatic N) is 1. The molecule has 20 heavy (non-hydrogen) atoms. The number of carbonyl (C=O) groups is 1. The zero-order valence-corrected chi connectivity index (χ0v) is 14.1. The van der Waals surface area contributed by atoms with Crippen molar-refractivity contribution in [1.82, 2.24) is 5.32 Å². The van der Waals surface area contributed by atoms with E-state index >= 15 is 0 Å². The summed E-state index contributed by atoms with van der Waals surface area (Å²) in [6.07, 6.45) is 1.69. The highest BCUT2D eigenvalue weighted by Gasteiger charge is 2.04. The van der Waals surface area contributed by atoms with Crippen LogP contribution in [0.2, 0.25) is 0 Å². The lowest BCUT2D eigenvalue weighted by atomic mass is 10.1. The molecule has 0 bridgehead atoms. The maximum Gasteiger partial charge on any atom is 0.137 e. The standard InChI is InChI=1S/C13H19BrN2O.C2H4O/c1-4-13(16-17-10(2)9-15-3)11-5-7-12(14)8-6-11;1-2-3/h5-8,10,15H,4,9H2,1-3H3;2H,1H3/b16-13+;. The van der Waals surface area contributed by atoms with Crippen LogP contribution in [0.1, 0.15) is 32.8 Å². The van der Waals surface area contributed by atoms with E-state index in [1.807, 2.05) is 38.2 Å². The van der Waals surface area contributed by atoms with Crippen molar-refractivity contribution in [3.8, 4) is 0 Å². The fourth-order valence-corrected chi connectivity index (χ4v) is 1.71. The molecule has 1 unspecified atom stereocenters. The van der Waals surface area contributed by atoms with Crippen LogP contribution in [-0.2, 0) is 9.63 Å². The van der Waals surface area contributed by atoms with Crippen LogP contribution in [0.3, 0.4) is 0 Å². The maximum atomic E-state index is 8.81. The molecule has 0 fully saturated rings. The number of hydrogen-bond donors (Lipinski definition) is 1. The van der Waals surface area contributed by atoms with E-state index in [0.29, 0.717) is 0 Å². The lowest BCUT2D eigenvalue weighted by Gasteiger charge is -2.10. The van der Waals surface area contributed by atoms with Gasteiger partial charge in [-0.2, -0.15) is 0 Å². The highest BCUT2D eigenvalue weighted by atomic mass is 79.9.